The van der Waals surface area contributed by atoms with Crippen LogP contribution in [0.15, 0.2) is 12.1 Å². The first-order valence-corrected chi connectivity index (χ1v) is 5.86. The van der Waals surface area contributed by atoms with Gasteiger partial charge in [0, 0.05) is 17.4 Å². The Morgan fingerprint density at radius 2 is 2.19 bits per heavy atom. The number of carbonyl (C=O) groups is 1. The van der Waals surface area contributed by atoms with Gasteiger partial charge in [0.2, 0.25) is 0 Å². The van der Waals surface area contributed by atoms with E-state index in [0.717, 1.165) is 21.9 Å². The van der Waals surface area contributed by atoms with Crippen molar-refractivity contribution in [1.29, 1.82) is 0 Å². The molecule has 0 fully saturated rings. The molecule has 0 amide bonds. The summed E-state index contributed by atoms with van der Waals surface area (Å²) in [5.74, 6) is 0.974. The molecule has 0 bridgehead atoms. The highest BCUT2D eigenvalue weighted by molar-refractivity contribution is 6.31. The molecule has 86 valence electrons. The van der Waals surface area contributed by atoms with Crippen LogP contribution in [0.4, 0.5) is 0 Å². The predicted octanol–water partition coefficient (Wildman–Crippen LogP) is 3.18. The smallest absolute Gasteiger partial charge is 0.176 e. The van der Waals surface area contributed by atoms with E-state index in [9.17, 15) is 4.79 Å². The van der Waals surface area contributed by atoms with E-state index in [1.807, 2.05) is 32.9 Å². The summed E-state index contributed by atoms with van der Waals surface area (Å²) >= 11 is 6.04. The summed E-state index contributed by atoms with van der Waals surface area (Å²) in [6.45, 7) is 5.73. The highest BCUT2D eigenvalue weighted by Gasteiger charge is 2.30. The van der Waals surface area contributed by atoms with Gasteiger partial charge in [-0.2, -0.15) is 0 Å². The molecule has 1 aliphatic heterocycles. The minimum Gasteiger partial charge on any atom is -0.482 e. The highest BCUT2D eigenvalue weighted by Crippen LogP contribution is 2.34. The maximum absolute atomic E-state index is 11.8. The zero-order valence-corrected chi connectivity index (χ0v) is 10.5. The van der Waals surface area contributed by atoms with Gasteiger partial charge in [0.25, 0.3) is 0 Å². The third-order valence-electron chi connectivity index (χ3n) is 2.90. The number of hydrogen-bond donors (Lipinski definition) is 0. The van der Waals surface area contributed by atoms with Crippen LogP contribution in [0, 0.1) is 12.8 Å². The second kappa shape index (κ2) is 4.10. The fourth-order valence-electron chi connectivity index (χ4n) is 1.89. The van der Waals surface area contributed by atoms with E-state index in [2.05, 4.69) is 0 Å². The molecule has 16 heavy (non-hydrogen) atoms. The largest absolute Gasteiger partial charge is 0.482 e. The molecule has 1 atom stereocenters. The van der Waals surface area contributed by atoms with Gasteiger partial charge in [0.05, 0.1) is 0 Å². The topological polar surface area (TPSA) is 26.3 Å². The molecular formula is C13H15ClO2. The fourth-order valence-corrected chi connectivity index (χ4v) is 2.08. The van der Waals surface area contributed by atoms with Crippen molar-refractivity contribution >= 4 is 17.4 Å². The van der Waals surface area contributed by atoms with E-state index < -0.39 is 0 Å². The van der Waals surface area contributed by atoms with Crippen molar-refractivity contribution in [2.45, 2.75) is 33.3 Å². The van der Waals surface area contributed by atoms with Crippen molar-refractivity contribution in [2.24, 2.45) is 5.92 Å². The van der Waals surface area contributed by atoms with Crippen molar-refractivity contribution in [2.75, 3.05) is 0 Å². The second-order valence-electron chi connectivity index (χ2n) is 4.58. The number of carbonyl (C=O) groups excluding carboxylic acids is 1. The van der Waals surface area contributed by atoms with E-state index in [0.29, 0.717) is 6.42 Å². The molecule has 0 spiro atoms. The Balaban J connectivity index is 2.24. The van der Waals surface area contributed by atoms with Crippen molar-refractivity contribution in [1.82, 2.24) is 0 Å². The quantitative estimate of drug-likeness (QED) is 0.791. The number of aryl methyl sites for hydroxylation is 1. The number of ketones is 1. The molecule has 0 N–H and O–H groups in total. The normalized spacial score (nSPS) is 18.4. The third kappa shape index (κ3) is 1.94. The Hall–Kier alpha value is -1.02. The number of hydrogen-bond acceptors (Lipinski definition) is 2. The Kier molecular flexibility index (Phi) is 2.94. The molecule has 0 aromatic heterocycles. The minimum absolute atomic E-state index is 0.0101. The molecule has 2 rings (SSSR count). The molecule has 1 aliphatic rings. The van der Waals surface area contributed by atoms with E-state index in [1.165, 1.54) is 0 Å². The zero-order chi connectivity index (χ0) is 11.9. The van der Waals surface area contributed by atoms with E-state index >= 15 is 0 Å². The summed E-state index contributed by atoms with van der Waals surface area (Å²) in [5, 5.41) is 0.736. The van der Waals surface area contributed by atoms with Gasteiger partial charge in [0.15, 0.2) is 11.9 Å². The number of fused-ring (bicyclic) bond motifs is 1. The first-order valence-electron chi connectivity index (χ1n) is 5.48. The van der Waals surface area contributed by atoms with E-state index in [1.54, 1.807) is 0 Å². The van der Waals surface area contributed by atoms with Crippen LogP contribution >= 0.6 is 11.6 Å². The molecule has 1 aromatic carbocycles. The molecule has 2 nitrogen and oxygen atoms in total. The van der Waals surface area contributed by atoms with Crippen LogP contribution in [-0.4, -0.2) is 11.9 Å². The molecule has 0 saturated carbocycles. The Morgan fingerprint density at radius 1 is 1.50 bits per heavy atom. The summed E-state index contributed by atoms with van der Waals surface area (Å²) in [6.07, 6.45) is 0.319. The monoisotopic (exact) mass is 238 g/mol. The van der Waals surface area contributed by atoms with Gasteiger partial charge < -0.3 is 4.74 Å². The molecule has 1 heterocycles. The van der Waals surface area contributed by atoms with Crippen LogP contribution in [0.3, 0.4) is 0 Å². The van der Waals surface area contributed by atoms with Gasteiger partial charge in [-0.3, -0.25) is 4.79 Å². The van der Waals surface area contributed by atoms with Crippen LogP contribution < -0.4 is 4.74 Å². The summed E-state index contributed by atoms with van der Waals surface area (Å²) < 4.78 is 5.66. The average Bonchev–Trinajstić information content (AvgIpc) is 2.60. The van der Waals surface area contributed by atoms with Crippen LogP contribution in [0.5, 0.6) is 5.75 Å². The molecule has 3 heteroatoms. The highest BCUT2D eigenvalue weighted by atomic mass is 35.5. The predicted molar refractivity (Wildman–Crippen MR) is 64.2 cm³/mol. The molecule has 0 radical (unpaired) electrons. The lowest BCUT2D eigenvalue weighted by atomic mass is 10.00. The van der Waals surface area contributed by atoms with Crippen LogP contribution in [0.25, 0.3) is 0 Å². The SMILES string of the molecule is Cc1cc2c(cc1Cl)CC(C(=O)C(C)C)O2. The van der Waals surface area contributed by atoms with Crippen LogP contribution in [0.1, 0.15) is 25.0 Å². The Bertz CT molecular complexity index is 407. The summed E-state index contributed by atoms with van der Waals surface area (Å²) in [5.41, 5.74) is 2.02. The van der Waals surface area contributed by atoms with E-state index in [-0.39, 0.29) is 17.8 Å². The van der Waals surface area contributed by atoms with Gasteiger partial charge in [-0.15, -0.1) is 0 Å². The minimum atomic E-state index is -0.326. The lowest BCUT2D eigenvalue weighted by Crippen LogP contribution is -2.29. The summed E-state index contributed by atoms with van der Waals surface area (Å²) in [7, 11) is 0. The second-order valence-corrected chi connectivity index (χ2v) is 4.98. The third-order valence-corrected chi connectivity index (χ3v) is 3.31. The average molecular weight is 239 g/mol. The van der Waals surface area contributed by atoms with Crippen molar-refractivity contribution in [3.63, 3.8) is 0 Å². The van der Waals surface area contributed by atoms with Crippen molar-refractivity contribution in [3.05, 3.63) is 28.3 Å². The Labute approximate surface area is 101 Å². The van der Waals surface area contributed by atoms with Crippen molar-refractivity contribution in [3.8, 4) is 5.75 Å². The molecule has 0 saturated heterocycles. The van der Waals surface area contributed by atoms with Gasteiger partial charge >= 0.3 is 0 Å². The molecule has 1 aromatic rings. The number of ether oxygens (including phenoxy) is 1. The number of benzene rings is 1. The van der Waals surface area contributed by atoms with E-state index in [4.69, 9.17) is 16.3 Å². The lowest BCUT2D eigenvalue weighted by molar-refractivity contribution is -0.128. The first-order chi connectivity index (χ1) is 7.49. The maximum atomic E-state index is 11.8. The summed E-state index contributed by atoms with van der Waals surface area (Å²) in [6, 6.07) is 3.81. The molecule has 0 aliphatic carbocycles. The summed E-state index contributed by atoms with van der Waals surface area (Å²) in [4.78, 5) is 11.8. The molecular weight excluding hydrogens is 224 g/mol. The molecule has 1 unspecified atom stereocenters. The standard InChI is InChI=1S/C13H15ClO2/c1-7(2)13(15)12-6-9-5-10(14)8(3)4-11(9)16-12/h4-5,7,12H,6H2,1-3H3. The van der Waals surface area contributed by atoms with Gasteiger partial charge in [-0.25, -0.2) is 0 Å². The van der Waals surface area contributed by atoms with Gasteiger partial charge in [-0.05, 0) is 30.2 Å². The lowest BCUT2D eigenvalue weighted by Gasteiger charge is -2.11. The Morgan fingerprint density at radius 3 is 2.81 bits per heavy atom. The van der Waals surface area contributed by atoms with Crippen LogP contribution in [0.2, 0.25) is 5.02 Å². The first kappa shape index (κ1) is 11.5. The number of halogens is 1. The maximum Gasteiger partial charge on any atom is 0.176 e. The number of rotatable bonds is 2. The van der Waals surface area contributed by atoms with Gasteiger partial charge in [-0.1, -0.05) is 25.4 Å². The van der Waals surface area contributed by atoms with Crippen LogP contribution in [-0.2, 0) is 11.2 Å². The zero-order valence-electron chi connectivity index (χ0n) is 9.71. The number of Topliss-reactive ketones (excluding diaryl/α,β-unsaturated/α-hetero) is 1. The fraction of sp³-hybridized carbons (Fsp3) is 0.462. The van der Waals surface area contributed by atoms with Crippen molar-refractivity contribution < 1.29 is 9.53 Å². The van der Waals surface area contributed by atoms with Gasteiger partial charge in [0.1, 0.15) is 5.75 Å².